The van der Waals surface area contributed by atoms with Gasteiger partial charge in [0.2, 0.25) is 11.8 Å². The summed E-state index contributed by atoms with van der Waals surface area (Å²) < 4.78 is 13.1. The van der Waals surface area contributed by atoms with Gasteiger partial charge in [0.05, 0.1) is 0 Å². The Bertz CT molecular complexity index is 1360. The number of carbonyl (C=O) groups excluding carboxylic acids is 3. The number of hydrogen-bond donors (Lipinski definition) is 4. The van der Waals surface area contributed by atoms with Gasteiger partial charge >= 0.3 is 0 Å². The Morgan fingerprint density at radius 1 is 0.971 bits per heavy atom. The first-order valence-corrected chi connectivity index (χ1v) is 11.1. The van der Waals surface area contributed by atoms with E-state index in [9.17, 15) is 18.8 Å². The lowest BCUT2D eigenvalue weighted by Crippen LogP contribution is -2.47. The molecule has 0 radical (unpaired) electrons. The predicted octanol–water partition coefficient (Wildman–Crippen LogP) is 3.92. The zero-order valence-electron chi connectivity index (χ0n) is 19.1. The van der Waals surface area contributed by atoms with Crippen LogP contribution in [0.4, 0.5) is 10.1 Å². The van der Waals surface area contributed by atoms with E-state index in [0.29, 0.717) is 17.7 Å². The van der Waals surface area contributed by atoms with E-state index in [4.69, 9.17) is 0 Å². The molecule has 4 rings (SSSR count). The minimum atomic E-state index is -0.743. The summed E-state index contributed by atoms with van der Waals surface area (Å²) in [6.45, 7) is 1.59. The third-order valence-corrected chi connectivity index (χ3v) is 5.55. The number of amides is 3. The summed E-state index contributed by atoms with van der Waals surface area (Å²) in [6, 6.07) is 19.3. The fraction of sp³-hybridized carbons (Fsp3) is 0.148. The molecule has 4 aromatic rings. The van der Waals surface area contributed by atoms with Crippen molar-refractivity contribution in [2.75, 3.05) is 5.32 Å². The molecular weight excluding hydrogens is 447 g/mol. The highest BCUT2D eigenvalue weighted by Gasteiger charge is 2.21. The largest absolute Gasteiger partial charge is 0.361 e. The number of hydrogen-bond acceptors (Lipinski definition) is 3. The average molecular weight is 473 g/mol. The van der Waals surface area contributed by atoms with Gasteiger partial charge in [-0.3, -0.25) is 14.4 Å². The van der Waals surface area contributed by atoms with Gasteiger partial charge in [-0.1, -0.05) is 30.3 Å². The molecule has 0 saturated carbocycles. The molecule has 0 spiro atoms. The standard InChI is InChI=1S/C27H25FN4O3/c1-17(33)31-25(14-20-16-29-24-8-3-2-7-23(20)24)27(35)30-15-18-5-4-6-22(13-18)32-26(34)19-9-11-21(28)12-10-19/h2-13,16,25,29H,14-15H2,1H3,(H,30,35)(H,31,33)(H,32,34). The number of para-hydroxylation sites is 1. The number of nitrogens with one attached hydrogen (secondary N) is 4. The zero-order valence-corrected chi connectivity index (χ0v) is 19.1. The maximum absolute atomic E-state index is 13.1. The van der Waals surface area contributed by atoms with Crippen LogP contribution in [0.15, 0.2) is 79.0 Å². The SMILES string of the molecule is CC(=O)NC(Cc1c[nH]c2ccccc12)C(=O)NCc1cccc(NC(=O)c2ccc(F)cc2)c1. The van der Waals surface area contributed by atoms with Gasteiger partial charge in [0.1, 0.15) is 11.9 Å². The minimum Gasteiger partial charge on any atom is -0.361 e. The Balaban J connectivity index is 1.40. The Labute approximate surface area is 201 Å². The molecular formula is C27H25FN4O3. The van der Waals surface area contributed by atoms with Crippen molar-refractivity contribution in [1.29, 1.82) is 0 Å². The summed E-state index contributed by atoms with van der Waals surface area (Å²) in [5.74, 6) is -1.39. The molecule has 0 aliphatic heterocycles. The van der Waals surface area contributed by atoms with Crippen LogP contribution in [0, 0.1) is 5.82 Å². The first-order valence-electron chi connectivity index (χ1n) is 11.1. The van der Waals surface area contributed by atoms with Crippen LogP contribution in [-0.2, 0) is 22.6 Å². The number of aromatic amines is 1. The summed E-state index contributed by atoms with van der Waals surface area (Å²) in [4.78, 5) is 40.3. The number of rotatable bonds is 8. The van der Waals surface area contributed by atoms with Gasteiger partial charge in [0, 0.05) is 48.2 Å². The summed E-state index contributed by atoms with van der Waals surface area (Å²) in [6.07, 6.45) is 2.18. The maximum atomic E-state index is 13.1. The van der Waals surface area contributed by atoms with Crippen LogP contribution in [-0.4, -0.2) is 28.7 Å². The molecule has 178 valence electrons. The van der Waals surface area contributed by atoms with Crippen LogP contribution in [0.2, 0.25) is 0 Å². The van der Waals surface area contributed by atoms with Crippen molar-refractivity contribution in [2.45, 2.75) is 25.9 Å². The Kier molecular flexibility index (Phi) is 7.21. The second kappa shape index (κ2) is 10.6. The summed E-state index contributed by atoms with van der Waals surface area (Å²) in [7, 11) is 0. The highest BCUT2D eigenvalue weighted by molar-refractivity contribution is 6.04. The number of fused-ring (bicyclic) bond motifs is 1. The molecule has 7 nitrogen and oxygen atoms in total. The lowest BCUT2D eigenvalue weighted by molar-refractivity contribution is -0.128. The first kappa shape index (κ1) is 23.7. The number of benzene rings is 3. The highest BCUT2D eigenvalue weighted by Crippen LogP contribution is 2.19. The Morgan fingerprint density at radius 3 is 2.51 bits per heavy atom. The summed E-state index contributed by atoms with van der Waals surface area (Å²) in [5, 5.41) is 9.36. The summed E-state index contributed by atoms with van der Waals surface area (Å²) >= 11 is 0. The normalized spacial score (nSPS) is 11.6. The molecule has 0 aliphatic rings. The number of aromatic nitrogens is 1. The topological polar surface area (TPSA) is 103 Å². The van der Waals surface area contributed by atoms with Gasteiger partial charge in [-0.05, 0) is 53.6 Å². The van der Waals surface area contributed by atoms with Crippen LogP contribution in [0.3, 0.4) is 0 Å². The van der Waals surface area contributed by atoms with Crippen molar-refractivity contribution in [3.05, 3.63) is 102 Å². The second-order valence-corrected chi connectivity index (χ2v) is 8.20. The maximum Gasteiger partial charge on any atom is 0.255 e. The number of carbonyl (C=O) groups is 3. The van der Waals surface area contributed by atoms with E-state index in [1.807, 2.05) is 36.5 Å². The average Bonchev–Trinajstić information content (AvgIpc) is 3.25. The smallest absolute Gasteiger partial charge is 0.255 e. The third kappa shape index (κ3) is 6.11. The molecule has 35 heavy (non-hydrogen) atoms. The third-order valence-electron chi connectivity index (χ3n) is 5.55. The molecule has 0 fully saturated rings. The lowest BCUT2D eigenvalue weighted by atomic mass is 10.0. The monoisotopic (exact) mass is 472 g/mol. The van der Waals surface area contributed by atoms with Gasteiger partial charge in [-0.2, -0.15) is 0 Å². The molecule has 0 bridgehead atoms. The van der Waals surface area contributed by atoms with Gasteiger partial charge in [0.25, 0.3) is 5.91 Å². The highest BCUT2D eigenvalue weighted by atomic mass is 19.1. The molecule has 0 saturated heterocycles. The predicted molar refractivity (Wildman–Crippen MR) is 132 cm³/mol. The van der Waals surface area contributed by atoms with Crippen molar-refractivity contribution < 1.29 is 18.8 Å². The van der Waals surface area contributed by atoms with Gasteiger partial charge in [-0.25, -0.2) is 4.39 Å². The molecule has 3 amide bonds. The molecule has 1 aromatic heterocycles. The molecule has 4 N–H and O–H groups in total. The summed E-state index contributed by atoms with van der Waals surface area (Å²) in [5.41, 5.74) is 3.54. The van der Waals surface area contributed by atoms with E-state index < -0.39 is 11.9 Å². The van der Waals surface area contributed by atoms with Crippen LogP contribution in [0.25, 0.3) is 10.9 Å². The second-order valence-electron chi connectivity index (χ2n) is 8.20. The van der Waals surface area contributed by atoms with E-state index in [2.05, 4.69) is 20.9 Å². The Morgan fingerprint density at radius 2 is 1.74 bits per heavy atom. The fourth-order valence-electron chi connectivity index (χ4n) is 3.85. The molecule has 1 atom stereocenters. The zero-order chi connectivity index (χ0) is 24.8. The van der Waals surface area contributed by atoms with Crippen molar-refractivity contribution in [3.63, 3.8) is 0 Å². The van der Waals surface area contributed by atoms with Crippen molar-refractivity contribution in [2.24, 2.45) is 0 Å². The van der Waals surface area contributed by atoms with Crippen LogP contribution >= 0.6 is 0 Å². The van der Waals surface area contributed by atoms with E-state index in [-0.39, 0.29) is 24.3 Å². The van der Waals surface area contributed by atoms with Crippen molar-refractivity contribution >= 4 is 34.3 Å². The van der Waals surface area contributed by atoms with E-state index in [1.165, 1.54) is 31.2 Å². The van der Waals surface area contributed by atoms with Crippen LogP contribution < -0.4 is 16.0 Å². The Hall–Kier alpha value is -4.46. The lowest BCUT2D eigenvalue weighted by Gasteiger charge is -2.18. The number of halogens is 1. The van der Waals surface area contributed by atoms with Gasteiger partial charge < -0.3 is 20.9 Å². The molecule has 1 heterocycles. The van der Waals surface area contributed by atoms with E-state index in [1.54, 1.807) is 18.2 Å². The first-order chi connectivity index (χ1) is 16.9. The van der Waals surface area contributed by atoms with Crippen LogP contribution in [0.5, 0.6) is 0 Å². The van der Waals surface area contributed by atoms with E-state index >= 15 is 0 Å². The van der Waals surface area contributed by atoms with Gasteiger partial charge in [-0.15, -0.1) is 0 Å². The van der Waals surface area contributed by atoms with Gasteiger partial charge in [0.15, 0.2) is 0 Å². The van der Waals surface area contributed by atoms with Crippen molar-refractivity contribution in [3.8, 4) is 0 Å². The fourth-order valence-corrected chi connectivity index (χ4v) is 3.85. The van der Waals surface area contributed by atoms with Crippen molar-refractivity contribution in [1.82, 2.24) is 15.6 Å². The molecule has 8 heteroatoms. The molecule has 3 aromatic carbocycles. The van der Waals surface area contributed by atoms with Crippen LogP contribution in [0.1, 0.15) is 28.4 Å². The molecule has 0 aliphatic carbocycles. The minimum absolute atomic E-state index is 0.211. The quantitative estimate of drug-likeness (QED) is 0.313. The van der Waals surface area contributed by atoms with E-state index in [0.717, 1.165) is 22.0 Å². The number of anilines is 1. The number of H-pyrrole nitrogens is 1. The molecule has 1 unspecified atom stereocenters.